The van der Waals surface area contributed by atoms with Gasteiger partial charge in [0.15, 0.2) is 0 Å². The summed E-state index contributed by atoms with van der Waals surface area (Å²) in [7, 11) is 0. The van der Waals surface area contributed by atoms with Crippen molar-refractivity contribution in [1.82, 2.24) is 10.2 Å². The summed E-state index contributed by atoms with van der Waals surface area (Å²) in [5.74, 6) is 0.294. The van der Waals surface area contributed by atoms with E-state index in [1.54, 1.807) is 12.1 Å². The van der Waals surface area contributed by atoms with E-state index in [-0.39, 0.29) is 0 Å². The lowest BCUT2D eigenvalue weighted by molar-refractivity contribution is -0.0509. The molecule has 1 aliphatic heterocycles. The summed E-state index contributed by atoms with van der Waals surface area (Å²) in [6.45, 7) is 3.08. The molecule has 118 valence electrons. The zero-order valence-corrected chi connectivity index (χ0v) is 12.5. The van der Waals surface area contributed by atoms with E-state index >= 15 is 0 Å². The van der Waals surface area contributed by atoms with Gasteiger partial charge in [-0.05, 0) is 45.0 Å². The topological polar surface area (TPSA) is 24.5 Å². The number of nitrogens with one attached hydrogen (secondary N) is 1. The van der Waals surface area contributed by atoms with Gasteiger partial charge in [0.2, 0.25) is 0 Å². The Bertz CT molecular complexity index is 422. The maximum absolute atomic E-state index is 12.5. The van der Waals surface area contributed by atoms with Crippen LogP contribution in [-0.2, 0) is 6.54 Å². The predicted molar refractivity (Wildman–Crippen MR) is 79.7 cm³/mol. The molecular weight excluding hydrogens is 274 g/mol. The molecule has 0 amide bonds. The molecular formula is C16H24F2N2O. The van der Waals surface area contributed by atoms with Gasteiger partial charge in [-0.1, -0.05) is 25.1 Å². The average molecular weight is 298 g/mol. The van der Waals surface area contributed by atoms with Gasteiger partial charge in [-0.15, -0.1) is 0 Å². The van der Waals surface area contributed by atoms with Gasteiger partial charge in [0.25, 0.3) is 0 Å². The second-order valence-corrected chi connectivity index (χ2v) is 5.44. The van der Waals surface area contributed by atoms with Crippen LogP contribution in [0.5, 0.6) is 5.75 Å². The fraction of sp³-hybridized carbons (Fsp3) is 0.625. The SMILES string of the molecule is CCCN(Cc1ccccc1OC(F)F)C1CCNCC1. The van der Waals surface area contributed by atoms with E-state index in [2.05, 4.69) is 21.9 Å². The van der Waals surface area contributed by atoms with Crippen LogP contribution in [0.1, 0.15) is 31.7 Å². The average Bonchev–Trinajstić information content (AvgIpc) is 2.49. The Hall–Kier alpha value is -1.20. The van der Waals surface area contributed by atoms with Gasteiger partial charge in [-0.25, -0.2) is 0 Å². The zero-order valence-electron chi connectivity index (χ0n) is 12.5. The summed E-state index contributed by atoms with van der Waals surface area (Å²) in [4.78, 5) is 2.40. The van der Waals surface area contributed by atoms with Gasteiger partial charge in [0.1, 0.15) is 5.75 Å². The molecule has 0 aliphatic carbocycles. The second kappa shape index (κ2) is 8.29. The van der Waals surface area contributed by atoms with Crippen LogP contribution in [0, 0.1) is 0 Å². The van der Waals surface area contributed by atoms with Crippen LogP contribution < -0.4 is 10.1 Å². The van der Waals surface area contributed by atoms with Crippen molar-refractivity contribution in [1.29, 1.82) is 0 Å². The lowest BCUT2D eigenvalue weighted by atomic mass is 10.0. The number of hydrogen-bond donors (Lipinski definition) is 1. The van der Waals surface area contributed by atoms with Gasteiger partial charge in [0.05, 0.1) is 0 Å². The largest absolute Gasteiger partial charge is 0.434 e. The molecule has 21 heavy (non-hydrogen) atoms. The van der Waals surface area contributed by atoms with Crippen molar-refractivity contribution < 1.29 is 13.5 Å². The van der Waals surface area contributed by atoms with Gasteiger partial charge >= 0.3 is 6.61 Å². The molecule has 2 rings (SSSR count). The van der Waals surface area contributed by atoms with E-state index in [4.69, 9.17) is 0 Å². The minimum Gasteiger partial charge on any atom is -0.434 e. The van der Waals surface area contributed by atoms with Crippen LogP contribution >= 0.6 is 0 Å². The van der Waals surface area contributed by atoms with Gasteiger partial charge in [-0.2, -0.15) is 8.78 Å². The zero-order chi connectivity index (χ0) is 15.1. The first-order valence-corrected chi connectivity index (χ1v) is 7.68. The van der Waals surface area contributed by atoms with Crippen molar-refractivity contribution in [2.24, 2.45) is 0 Å². The first-order chi connectivity index (χ1) is 10.2. The maximum Gasteiger partial charge on any atom is 0.387 e. The smallest absolute Gasteiger partial charge is 0.387 e. The Kier molecular flexibility index (Phi) is 6.39. The van der Waals surface area contributed by atoms with Crippen LogP contribution in [0.2, 0.25) is 0 Å². The van der Waals surface area contributed by atoms with Crippen molar-refractivity contribution in [3.05, 3.63) is 29.8 Å². The normalized spacial score (nSPS) is 16.6. The third-order valence-electron chi connectivity index (χ3n) is 3.90. The molecule has 0 saturated carbocycles. The molecule has 0 bridgehead atoms. The lowest BCUT2D eigenvalue weighted by Crippen LogP contribution is -2.43. The van der Waals surface area contributed by atoms with Crippen LogP contribution in [0.15, 0.2) is 24.3 Å². The van der Waals surface area contributed by atoms with Crippen LogP contribution in [0.4, 0.5) is 8.78 Å². The number of benzene rings is 1. The van der Waals surface area contributed by atoms with E-state index in [0.29, 0.717) is 18.3 Å². The summed E-state index contributed by atoms with van der Waals surface area (Å²) < 4.78 is 29.6. The summed E-state index contributed by atoms with van der Waals surface area (Å²) in [6.07, 6.45) is 3.28. The Morgan fingerprint density at radius 3 is 2.67 bits per heavy atom. The molecule has 1 N–H and O–H groups in total. The summed E-state index contributed by atoms with van der Waals surface area (Å²) >= 11 is 0. The number of piperidine rings is 1. The molecule has 0 radical (unpaired) electrons. The Balaban J connectivity index is 2.08. The molecule has 3 nitrogen and oxygen atoms in total. The predicted octanol–water partition coefficient (Wildman–Crippen LogP) is 3.25. The van der Waals surface area contributed by atoms with Crippen molar-refractivity contribution in [2.45, 2.75) is 45.4 Å². The molecule has 0 aromatic heterocycles. The molecule has 1 heterocycles. The highest BCUT2D eigenvalue weighted by Crippen LogP contribution is 2.24. The number of para-hydroxylation sites is 1. The Labute approximate surface area is 125 Å². The number of hydrogen-bond acceptors (Lipinski definition) is 3. The van der Waals surface area contributed by atoms with Gasteiger partial charge < -0.3 is 10.1 Å². The fourth-order valence-electron chi connectivity index (χ4n) is 2.91. The van der Waals surface area contributed by atoms with Crippen LogP contribution in [0.25, 0.3) is 0 Å². The second-order valence-electron chi connectivity index (χ2n) is 5.44. The molecule has 0 spiro atoms. The highest BCUT2D eigenvalue weighted by molar-refractivity contribution is 5.33. The van der Waals surface area contributed by atoms with E-state index in [1.165, 1.54) is 0 Å². The molecule has 0 atom stereocenters. The highest BCUT2D eigenvalue weighted by Gasteiger charge is 2.21. The highest BCUT2D eigenvalue weighted by atomic mass is 19.3. The third kappa shape index (κ3) is 4.93. The third-order valence-corrected chi connectivity index (χ3v) is 3.90. The maximum atomic E-state index is 12.5. The lowest BCUT2D eigenvalue weighted by Gasteiger charge is -2.34. The molecule has 1 aliphatic rings. The summed E-state index contributed by atoms with van der Waals surface area (Å²) in [5, 5.41) is 3.36. The molecule has 1 aromatic carbocycles. The monoisotopic (exact) mass is 298 g/mol. The number of rotatable bonds is 7. The fourth-order valence-corrected chi connectivity index (χ4v) is 2.91. The van der Waals surface area contributed by atoms with E-state index < -0.39 is 6.61 Å². The Morgan fingerprint density at radius 1 is 1.29 bits per heavy atom. The molecule has 0 unspecified atom stereocenters. The van der Waals surface area contributed by atoms with Gasteiger partial charge in [0, 0.05) is 18.2 Å². The van der Waals surface area contributed by atoms with E-state index in [9.17, 15) is 8.78 Å². The van der Waals surface area contributed by atoms with Crippen molar-refractivity contribution in [3.63, 3.8) is 0 Å². The van der Waals surface area contributed by atoms with Crippen molar-refractivity contribution in [3.8, 4) is 5.75 Å². The van der Waals surface area contributed by atoms with Gasteiger partial charge in [-0.3, -0.25) is 4.90 Å². The first kappa shape index (κ1) is 16.2. The van der Waals surface area contributed by atoms with Crippen molar-refractivity contribution >= 4 is 0 Å². The van der Waals surface area contributed by atoms with Crippen molar-refractivity contribution in [2.75, 3.05) is 19.6 Å². The number of alkyl halides is 2. The minimum atomic E-state index is -2.77. The number of halogens is 2. The summed E-state index contributed by atoms with van der Waals surface area (Å²) in [6, 6.07) is 7.62. The minimum absolute atomic E-state index is 0.294. The molecule has 1 fully saturated rings. The first-order valence-electron chi connectivity index (χ1n) is 7.68. The quantitative estimate of drug-likeness (QED) is 0.836. The summed E-state index contributed by atoms with van der Waals surface area (Å²) in [5.41, 5.74) is 0.838. The standard InChI is InChI=1S/C16H24F2N2O/c1-2-11-20(14-7-9-19-10-8-14)12-13-5-3-4-6-15(13)21-16(17)18/h3-6,14,16,19H,2,7-12H2,1H3. The Morgan fingerprint density at radius 2 is 2.00 bits per heavy atom. The van der Waals surface area contributed by atoms with E-state index in [1.807, 2.05) is 12.1 Å². The number of ether oxygens (including phenoxy) is 1. The van der Waals surface area contributed by atoms with Crippen LogP contribution in [-0.4, -0.2) is 37.2 Å². The van der Waals surface area contributed by atoms with Crippen LogP contribution in [0.3, 0.4) is 0 Å². The molecule has 1 aromatic rings. The molecule has 5 heteroatoms. The molecule has 1 saturated heterocycles. The van der Waals surface area contributed by atoms with E-state index in [0.717, 1.165) is 44.5 Å². The number of nitrogens with zero attached hydrogens (tertiary/aromatic N) is 1.